The lowest BCUT2D eigenvalue weighted by atomic mass is 9.87. The molecule has 0 spiro atoms. The van der Waals surface area contributed by atoms with Crippen molar-refractivity contribution in [2.45, 2.75) is 25.0 Å². The predicted octanol–water partition coefficient (Wildman–Crippen LogP) is 1.42. The average molecular weight is 298 g/mol. The van der Waals surface area contributed by atoms with Crippen LogP contribution in [-0.4, -0.2) is 32.4 Å². The number of ketones is 1. The molecule has 1 atom stereocenters. The molecular formula is C10H9F3O5S. The summed E-state index contributed by atoms with van der Waals surface area (Å²) in [5, 5.41) is 0. The number of alkyl halides is 3. The molecule has 0 bridgehead atoms. The number of hydrogen-bond acceptors (Lipinski definition) is 5. The van der Waals surface area contributed by atoms with Crippen LogP contribution in [0.2, 0.25) is 0 Å². The fraction of sp³-hybridized carbons (Fsp3) is 0.500. The molecule has 106 valence electrons. The normalized spacial score (nSPS) is 24.1. The molecule has 2 rings (SSSR count). The largest absolute Gasteiger partial charge is 0.523 e. The molecule has 0 aromatic rings. The van der Waals surface area contributed by atoms with Crippen molar-refractivity contribution < 1.29 is 35.3 Å². The minimum atomic E-state index is -5.81. The molecule has 0 saturated heterocycles. The molecule has 1 unspecified atom stereocenters. The molecule has 0 radical (unpaired) electrons. The van der Waals surface area contributed by atoms with Crippen LogP contribution in [0.25, 0.3) is 0 Å². The van der Waals surface area contributed by atoms with Gasteiger partial charge in [-0.05, 0) is 18.1 Å². The Morgan fingerprint density at radius 2 is 2.05 bits per heavy atom. The third kappa shape index (κ3) is 2.39. The van der Waals surface area contributed by atoms with Gasteiger partial charge in [0.15, 0.2) is 11.9 Å². The summed E-state index contributed by atoms with van der Waals surface area (Å²) in [6.07, 6.45) is -0.601. The van der Waals surface area contributed by atoms with Gasteiger partial charge in [-0.3, -0.25) is 4.79 Å². The Morgan fingerprint density at radius 3 is 2.63 bits per heavy atom. The van der Waals surface area contributed by atoms with E-state index >= 15 is 0 Å². The van der Waals surface area contributed by atoms with Crippen LogP contribution in [0.3, 0.4) is 0 Å². The van der Waals surface area contributed by atoms with Crippen LogP contribution in [-0.2, 0) is 23.8 Å². The SMILES string of the molecule is CC1=C2COC=C2CC(=O)C1OS(=O)(=O)C(F)(F)F. The molecule has 19 heavy (non-hydrogen) atoms. The second-order valence-electron chi connectivity index (χ2n) is 4.13. The van der Waals surface area contributed by atoms with E-state index in [9.17, 15) is 26.4 Å². The van der Waals surface area contributed by atoms with Crippen molar-refractivity contribution >= 4 is 15.9 Å². The number of Topliss-reactive ketones (excluding diaryl/α,β-unsaturated/α-hetero) is 1. The van der Waals surface area contributed by atoms with Crippen molar-refractivity contribution in [3.63, 3.8) is 0 Å². The highest BCUT2D eigenvalue weighted by atomic mass is 32.2. The number of carbonyl (C=O) groups is 1. The monoisotopic (exact) mass is 298 g/mol. The molecule has 5 nitrogen and oxygen atoms in total. The molecule has 0 fully saturated rings. The Hall–Kier alpha value is -1.35. The first-order valence-corrected chi connectivity index (χ1v) is 6.57. The highest BCUT2D eigenvalue weighted by molar-refractivity contribution is 7.87. The van der Waals surface area contributed by atoms with Gasteiger partial charge in [-0.2, -0.15) is 21.6 Å². The van der Waals surface area contributed by atoms with Gasteiger partial charge in [-0.1, -0.05) is 0 Å². The Labute approximate surface area is 106 Å². The molecule has 2 aliphatic rings. The first-order chi connectivity index (χ1) is 8.63. The Kier molecular flexibility index (Phi) is 3.21. The minimum absolute atomic E-state index is 0.0976. The summed E-state index contributed by atoms with van der Waals surface area (Å²) in [5.74, 6) is -0.745. The van der Waals surface area contributed by atoms with E-state index in [4.69, 9.17) is 4.74 Å². The second-order valence-corrected chi connectivity index (χ2v) is 5.70. The second kappa shape index (κ2) is 4.34. The maximum Gasteiger partial charge on any atom is 0.523 e. The third-order valence-electron chi connectivity index (χ3n) is 2.87. The zero-order valence-electron chi connectivity index (χ0n) is 9.65. The zero-order valence-corrected chi connectivity index (χ0v) is 10.5. The molecule has 0 amide bonds. The molecule has 1 heterocycles. The van der Waals surface area contributed by atoms with Crippen LogP contribution in [0.15, 0.2) is 23.0 Å². The highest BCUT2D eigenvalue weighted by Gasteiger charge is 2.50. The van der Waals surface area contributed by atoms with E-state index in [2.05, 4.69) is 4.18 Å². The number of rotatable bonds is 2. The van der Waals surface area contributed by atoms with Gasteiger partial charge in [0.25, 0.3) is 0 Å². The fourth-order valence-electron chi connectivity index (χ4n) is 1.89. The number of fused-ring (bicyclic) bond motifs is 1. The minimum Gasteiger partial charge on any atom is -0.496 e. The average Bonchev–Trinajstić information content (AvgIpc) is 2.70. The van der Waals surface area contributed by atoms with Gasteiger partial charge in [0.2, 0.25) is 0 Å². The fourth-order valence-corrected chi connectivity index (χ4v) is 2.51. The molecule has 1 aliphatic heterocycles. The summed E-state index contributed by atoms with van der Waals surface area (Å²) in [4.78, 5) is 11.7. The smallest absolute Gasteiger partial charge is 0.496 e. The zero-order chi connectivity index (χ0) is 14.4. The Morgan fingerprint density at radius 1 is 1.42 bits per heavy atom. The van der Waals surface area contributed by atoms with Gasteiger partial charge in [-0.15, -0.1) is 0 Å². The number of ether oxygens (including phenoxy) is 1. The summed E-state index contributed by atoms with van der Waals surface area (Å²) in [6, 6.07) is 0. The van der Waals surface area contributed by atoms with E-state index in [1.54, 1.807) is 0 Å². The van der Waals surface area contributed by atoms with Crippen LogP contribution in [0.4, 0.5) is 13.2 Å². The van der Waals surface area contributed by atoms with Gasteiger partial charge in [0, 0.05) is 12.0 Å². The molecule has 9 heteroatoms. The first kappa shape index (κ1) is 14.1. The summed E-state index contributed by atoms with van der Waals surface area (Å²) in [6.45, 7) is 1.45. The van der Waals surface area contributed by atoms with Crippen LogP contribution in [0.1, 0.15) is 13.3 Å². The van der Waals surface area contributed by atoms with E-state index in [-0.39, 0.29) is 18.6 Å². The van der Waals surface area contributed by atoms with Crippen LogP contribution in [0, 0.1) is 0 Å². The van der Waals surface area contributed by atoms with Crippen molar-refractivity contribution in [3.8, 4) is 0 Å². The molecule has 0 N–H and O–H groups in total. The lowest BCUT2D eigenvalue weighted by Gasteiger charge is -2.24. The summed E-state index contributed by atoms with van der Waals surface area (Å²) < 4.78 is 67.6. The quantitative estimate of drug-likeness (QED) is 0.569. The van der Waals surface area contributed by atoms with Gasteiger partial charge in [0.05, 0.1) is 6.26 Å². The highest BCUT2D eigenvalue weighted by Crippen LogP contribution is 2.35. The van der Waals surface area contributed by atoms with E-state index < -0.39 is 27.5 Å². The molecular weight excluding hydrogens is 289 g/mol. The van der Waals surface area contributed by atoms with Crippen molar-refractivity contribution in [2.75, 3.05) is 6.61 Å². The number of hydrogen-bond donors (Lipinski definition) is 0. The summed E-state index contributed by atoms with van der Waals surface area (Å²) in [5.41, 5.74) is -4.36. The summed E-state index contributed by atoms with van der Waals surface area (Å²) in [7, 11) is -5.81. The maximum absolute atomic E-state index is 12.2. The standard InChI is InChI=1S/C10H9F3O5S/c1-5-7-4-17-3-6(7)2-8(14)9(5)18-19(15,16)10(11,12)13/h3,9H,2,4H2,1H3. The van der Waals surface area contributed by atoms with Crippen molar-refractivity contribution in [1.82, 2.24) is 0 Å². The predicted molar refractivity (Wildman–Crippen MR) is 56.2 cm³/mol. The Balaban J connectivity index is 2.34. The Bertz CT molecular complexity index is 585. The van der Waals surface area contributed by atoms with Gasteiger partial charge in [0.1, 0.15) is 6.61 Å². The van der Waals surface area contributed by atoms with Gasteiger partial charge >= 0.3 is 15.6 Å². The van der Waals surface area contributed by atoms with Gasteiger partial charge in [-0.25, -0.2) is 4.18 Å². The van der Waals surface area contributed by atoms with Gasteiger partial charge < -0.3 is 4.74 Å². The maximum atomic E-state index is 12.2. The van der Waals surface area contributed by atoms with Crippen molar-refractivity contribution in [3.05, 3.63) is 23.0 Å². The van der Waals surface area contributed by atoms with E-state index in [0.29, 0.717) is 11.1 Å². The van der Waals surface area contributed by atoms with E-state index in [1.807, 2.05) is 0 Å². The lowest BCUT2D eigenvalue weighted by Crippen LogP contribution is -2.37. The molecule has 0 saturated carbocycles. The number of carbonyl (C=O) groups excluding carboxylic acids is 1. The molecule has 1 aliphatic carbocycles. The topological polar surface area (TPSA) is 69.7 Å². The van der Waals surface area contributed by atoms with Crippen LogP contribution in [0.5, 0.6) is 0 Å². The first-order valence-electron chi connectivity index (χ1n) is 5.16. The van der Waals surface area contributed by atoms with Crippen molar-refractivity contribution in [2.24, 2.45) is 0 Å². The molecule has 0 aromatic carbocycles. The van der Waals surface area contributed by atoms with Crippen LogP contribution >= 0.6 is 0 Å². The van der Waals surface area contributed by atoms with E-state index in [1.165, 1.54) is 13.2 Å². The van der Waals surface area contributed by atoms with Crippen LogP contribution < -0.4 is 0 Å². The third-order valence-corrected chi connectivity index (χ3v) is 3.89. The molecule has 0 aromatic heterocycles. The number of halogens is 3. The van der Waals surface area contributed by atoms with Crippen molar-refractivity contribution in [1.29, 1.82) is 0 Å². The van der Waals surface area contributed by atoms with E-state index in [0.717, 1.165) is 0 Å². The lowest BCUT2D eigenvalue weighted by molar-refractivity contribution is -0.124. The summed E-state index contributed by atoms with van der Waals surface area (Å²) >= 11 is 0.